The number of benzene rings is 2. The zero-order chi connectivity index (χ0) is 17.6. The largest absolute Gasteiger partial charge is 0.450 e. The number of amides is 1. The number of fused-ring (bicyclic) bond motifs is 2. The quantitative estimate of drug-likeness (QED) is 0.595. The first kappa shape index (κ1) is 15.5. The van der Waals surface area contributed by atoms with Crippen LogP contribution >= 0.6 is 11.7 Å². The Labute approximate surface area is 146 Å². The van der Waals surface area contributed by atoms with Crippen molar-refractivity contribution in [3.8, 4) is 0 Å². The molecule has 6 nitrogen and oxygen atoms in total. The molecular weight excluding hydrogens is 338 g/mol. The zero-order valence-corrected chi connectivity index (χ0v) is 14.3. The average Bonchev–Trinajstić information content (AvgIpc) is 3.06. The summed E-state index contributed by atoms with van der Waals surface area (Å²) in [5.74, 6) is -0.509. The van der Waals surface area contributed by atoms with Gasteiger partial charge < -0.3 is 9.73 Å². The van der Waals surface area contributed by atoms with Crippen molar-refractivity contribution < 1.29 is 9.21 Å². The van der Waals surface area contributed by atoms with E-state index >= 15 is 0 Å². The second-order valence-corrected chi connectivity index (χ2v) is 6.31. The van der Waals surface area contributed by atoms with Gasteiger partial charge in [0.1, 0.15) is 16.6 Å². The highest BCUT2D eigenvalue weighted by Crippen LogP contribution is 2.21. The predicted octanol–water partition coefficient (Wildman–Crippen LogP) is 3.67. The van der Waals surface area contributed by atoms with Crippen molar-refractivity contribution >= 4 is 45.3 Å². The fourth-order valence-electron chi connectivity index (χ4n) is 2.62. The van der Waals surface area contributed by atoms with Gasteiger partial charge in [0.15, 0.2) is 11.2 Å². The first-order valence-corrected chi connectivity index (χ1v) is 8.34. The Balaban J connectivity index is 1.74. The molecule has 4 aromatic rings. The van der Waals surface area contributed by atoms with Crippen LogP contribution in [0.15, 0.2) is 45.6 Å². The lowest BCUT2D eigenvalue weighted by Gasteiger charge is -2.08. The lowest BCUT2D eigenvalue weighted by Crippen LogP contribution is -2.15. The van der Waals surface area contributed by atoms with Crippen molar-refractivity contribution in [2.45, 2.75) is 13.8 Å². The number of anilines is 1. The molecule has 0 spiro atoms. The number of hydrogen-bond donors (Lipinski definition) is 1. The maximum absolute atomic E-state index is 12.5. The standard InChI is InChI=1S/C18H13N3O3S/c1-9-3-5-12-15(22)8-16(24-17(12)10(9)2)18(23)19-11-4-6-13-14(7-11)21-25-20-13/h3-8H,1-2H3,(H,19,23). The Kier molecular flexibility index (Phi) is 3.58. The van der Waals surface area contributed by atoms with Gasteiger partial charge in [-0.2, -0.15) is 8.75 Å². The summed E-state index contributed by atoms with van der Waals surface area (Å²) in [6.45, 7) is 3.80. The Hall–Kier alpha value is -3.06. The Morgan fingerprint density at radius 1 is 1.08 bits per heavy atom. The molecule has 2 aromatic carbocycles. The summed E-state index contributed by atoms with van der Waals surface area (Å²) in [6, 6.07) is 10.0. The summed E-state index contributed by atoms with van der Waals surface area (Å²) in [5.41, 5.74) is 4.08. The van der Waals surface area contributed by atoms with Gasteiger partial charge in [0.25, 0.3) is 5.91 Å². The van der Waals surface area contributed by atoms with Crippen LogP contribution in [0.25, 0.3) is 22.0 Å². The molecule has 1 N–H and O–H groups in total. The Morgan fingerprint density at radius 3 is 2.72 bits per heavy atom. The summed E-state index contributed by atoms with van der Waals surface area (Å²) in [5, 5.41) is 3.20. The predicted molar refractivity (Wildman–Crippen MR) is 97.3 cm³/mol. The lowest BCUT2D eigenvalue weighted by molar-refractivity contribution is 0.0997. The molecule has 0 atom stereocenters. The average molecular weight is 351 g/mol. The van der Waals surface area contributed by atoms with Crippen LogP contribution in [0.2, 0.25) is 0 Å². The van der Waals surface area contributed by atoms with Gasteiger partial charge in [0.2, 0.25) is 0 Å². The second-order valence-electron chi connectivity index (χ2n) is 5.78. The third-order valence-electron chi connectivity index (χ3n) is 4.15. The Morgan fingerprint density at radius 2 is 1.88 bits per heavy atom. The number of hydrogen-bond acceptors (Lipinski definition) is 6. The van der Waals surface area contributed by atoms with Crippen LogP contribution < -0.4 is 10.7 Å². The van der Waals surface area contributed by atoms with Gasteiger partial charge in [-0.25, -0.2) is 0 Å². The van der Waals surface area contributed by atoms with Crippen LogP contribution in [0.5, 0.6) is 0 Å². The highest BCUT2D eigenvalue weighted by atomic mass is 32.1. The van der Waals surface area contributed by atoms with Crippen LogP contribution in [0.3, 0.4) is 0 Å². The number of carbonyl (C=O) groups is 1. The van der Waals surface area contributed by atoms with E-state index in [4.69, 9.17) is 4.42 Å². The SMILES string of the molecule is Cc1ccc2c(=O)cc(C(=O)Nc3ccc4nsnc4c3)oc2c1C. The number of nitrogens with one attached hydrogen (secondary N) is 1. The smallest absolute Gasteiger partial charge is 0.291 e. The molecule has 1 amide bonds. The molecule has 25 heavy (non-hydrogen) atoms. The molecule has 0 aliphatic heterocycles. The highest BCUT2D eigenvalue weighted by molar-refractivity contribution is 7.00. The minimum Gasteiger partial charge on any atom is -0.450 e. The van der Waals surface area contributed by atoms with E-state index in [0.29, 0.717) is 22.2 Å². The first-order valence-electron chi connectivity index (χ1n) is 7.60. The molecular formula is C18H13N3O3S. The van der Waals surface area contributed by atoms with Crippen LogP contribution in [-0.4, -0.2) is 14.7 Å². The van der Waals surface area contributed by atoms with Crippen molar-refractivity contribution in [1.29, 1.82) is 0 Å². The van der Waals surface area contributed by atoms with Gasteiger partial charge in [-0.1, -0.05) is 6.07 Å². The van der Waals surface area contributed by atoms with Gasteiger partial charge in [-0.3, -0.25) is 9.59 Å². The summed E-state index contributed by atoms with van der Waals surface area (Å²) in [4.78, 5) is 24.8. The molecule has 0 aliphatic rings. The van der Waals surface area contributed by atoms with Crippen LogP contribution in [0.4, 0.5) is 5.69 Å². The molecule has 4 rings (SSSR count). The first-order chi connectivity index (χ1) is 12.0. The van der Waals surface area contributed by atoms with Crippen molar-refractivity contribution in [2.24, 2.45) is 0 Å². The van der Waals surface area contributed by atoms with Gasteiger partial charge in [0.05, 0.1) is 17.1 Å². The summed E-state index contributed by atoms with van der Waals surface area (Å²) in [6.07, 6.45) is 0. The van der Waals surface area contributed by atoms with E-state index in [-0.39, 0.29) is 11.2 Å². The minimum absolute atomic E-state index is 0.0253. The Bertz CT molecular complexity index is 1190. The molecule has 0 fully saturated rings. The van der Waals surface area contributed by atoms with Gasteiger partial charge in [0, 0.05) is 11.8 Å². The van der Waals surface area contributed by atoms with Gasteiger partial charge in [-0.05, 0) is 49.2 Å². The van der Waals surface area contributed by atoms with Crippen molar-refractivity contribution in [3.63, 3.8) is 0 Å². The van der Waals surface area contributed by atoms with Crippen molar-refractivity contribution in [2.75, 3.05) is 5.32 Å². The number of aryl methyl sites for hydroxylation is 2. The lowest BCUT2D eigenvalue weighted by atomic mass is 10.1. The number of aromatic nitrogens is 2. The molecule has 0 unspecified atom stereocenters. The van der Waals surface area contributed by atoms with E-state index in [0.717, 1.165) is 28.4 Å². The van der Waals surface area contributed by atoms with E-state index in [1.807, 2.05) is 19.9 Å². The molecule has 2 aromatic heterocycles. The summed E-state index contributed by atoms with van der Waals surface area (Å²) < 4.78 is 14.0. The topological polar surface area (TPSA) is 85.1 Å². The maximum atomic E-state index is 12.5. The number of carbonyl (C=O) groups excluding carboxylic acids is 1. The van der Waals surface area contributed by atoms with Crippen LogP contribution in [-0.2, 0) is 0 Å². The summed E-state index contributed by atoms with van der Waals surface area (Å²) >= 11 is 1.11. The molecule has 2 heterocycles. The zero-order valence-electron chi connectivity index (χ0n) is 13.5. The second kappa shape index (κ2) is 5.78. The normalized spacial score (nSPS) is 11.1. The van der Waals surface area contributed by atoms with E-state index < -0.39 is 5.91 Å². The molecule has 0 saturated carbocycles. The molecule has 0 radical (unpaired) electrons. The molecule has 124 valence electrons. The molecule has 7 heteroatoms. The van der Waals surface area contributed by atoms with Crippen LogP contribution in [0.1, 0.15) is 21.7 Å². The number of nitrogens with zero attached hydrogens (tertiary/aromatic N) is 2. The fraction of sp³-hybridized carbons (Fsp3) is 0.111. The molecule has 0 aliphatic carbocycles. The van der Waals surface area contributed by atoms with Gasteiger partial charge in [-0.15, -0.1) is 0 Å². The third-order valence-corrected chi connectivity index (χ3v) is 4.71. The van der Waals surface area contributed by atoms with E-state index in [9.17, 15) is 9.59 Å². The van der Waals surface area contributed by atoms with Crippen molar-refractivity contribution in [1.82, 2.24) is 8.75 Å². The van der Waals surface area contributed by atoms with E-state index in [2.05, 4.69) is 14.1 Å². The monoisotopic (exact) mass is 351 g/mol. The van der Waals surface area contributed by atoms with Crippen molar-refractivity contribution in [3.05, 3.63) is 63.5 Å². The number of rotatable bonds is 2. The van der Waals surface area contributed by atoms with E-state index in [1.54, 1.807) is 24.3 Å². The molecule has 0 bridgehead atoms. The minimum atomic E-state index is -0.484. The maximum Gasteiger partial charge on any atom is 0.291 e. The fourth-order valence-corrected chi connectivity index (χ4v) is 3.13. The third kappa shape index (κ3) is 2.68. The van der Waals surface area contributed by atoms with Crippen LogP contribution in [0, 0.1) is 13.8 Å². The summed E-state index contributed by atoms with van der Waals surface area (Å²) in [7, 11) is 0. The van der Waals surface area contributed by atoms with Gasteiger partial charge >= 0.3 is 0 Å². The molecule has 0 saturated heterocycles. The highest BCUT2D eigenvalue weighted by Gasteiger charge is 2.15. The van der Waals surface area contributed by atoms with E-state index in [1.165, 1.54) is 6.07 Å².